The number of ether oxygens (including phenoxy) is 1. The Labute approximate surface area is 107 Å². The summed E-state index contributed by atoms with van der Waals surface area (Å²) in [6.07, 6.45) is 3.41. The number of hydrogen-bond donors (Lipinski definition) is 1. The highest BCUT2D eigenvalue weighted by Crippen LogP contribution is 2.53. The second kappa shape index (κ2) is 4.25. The van der Waals surface area contributed by atoms with Crippen LogP contribution in [0.5, 0.6) is 5.88 Å². The Hall–Kier alpha value is -1.61. The number of benzene rings is 1. The van der Waals surface area contributed by atoms with Gasteiger partial charge in [-0.3, -0.25) is 0 Å². The predicted octanol–water partition coefficient (Wildman–Crippen LogP) is 2.62. The molecule has 1 heterocycles. The van der Waals surface area contributed by atoms with Gasteiger partial charge in [-0.1, -0.05) is 18.2 Å². The lowest BCUT2D eigenvalue weighted by molar-refractivity contribution is 0.387. The lowest BCUT2D eigenvalue weighted by Gasteiger charge is -2.18. The lowest BCUT2D eigenvalue weighted by atomic mass is 9.92. The van der Waals surface area contributed by atoms with E-state index in [1.807, 2.05) is 18.2 Å². The quantitative estimate of drug-likeness (QED) is 0.896. The smallest absolute Gasteiger partial charge is 0.217 e. The van der Waals surface area contributed by atoms with E-state index < -0.39 is 0 Å². The molecule has 0 radical (unpaired) electrons. The molecule has 94 valence electrons. The number of aromatic nitrogens is 1. The van der Waals surface area contributed by atoms with Crippen LogP contribution in [0.15, 0.2) is 30.3 Å². The van der Waals surface area contributed by atoms with E-state index in [9.17, 15) is 0 Å². The highest BCUT2D eigenvalue weighted by Gasteiger charge is 2.45. The van der Waals surface area contributed by atoms with Crippen molar-refractivity contribution < 1.29 is 4.74 Å². The van der Waals surface area contributed by atoms with Gasteiger partial charge in [0, 0.05) is 16.4 Å². The molecular formula is C15H18N2O. The molecule has 3 rings (SSSR count). The Morgan fingerprint density at radius 3 is 2.78 bits per heavy atom. The van der Waals surface area contributed by atoms with Crippen molar-refractivity contribution in [2.24, 2.45) is 5.73 Å². The average molecular weight is 242 g/mol. The van der Waals surface area contributed by atoms with Gasteiger partial charge in [-0.25, -0.2) is 4.98 Å². The van der Waals surface area contributed by atoms with Gasteiger partial charge in [0.2, 0.25) is 5.88 Å². The van der Waals surface area contributed by atoms with Crippen molar-refractivity contribution in [1.29, 1.82) is 0 Å². The minimum Gasteiger partial charge on any atom is -0.481 e. The van der Waals surface area contributed by atoms with Crippen LogP contribution in [0.4, 0.5) is 0 Å². The molecule has 0 aliphatic heterocycles. The van der Waals surface area contributed by atoms with Crippen LogP contribution in [0.1, 0.15) is 24.8 Å². The van der Waals surface area contributed by atoms with Crippen molar-refractivity contribution in [3.63, 3.8) is 0 Å². The minimum absolute atomic E-state index is 0.219. The van der Waals surface area contributed by atoms with Gasteiger partial charge in [0.1, 0.15) is 0 Å². The number of pyridine rings is 1. The highest BCUT2D eigenvalue weighted by molar-refractivity contribution is 5.80. The van der Waals surface area contributed by atoms with Gasteiger partial charge in [0.05, 0.1) is 12.6 Å². The number of para-hydroxylation sites is 1. The molecule has 0 saturated heterocycles. The molecule has 1 aliphatic carbocycles. The molecule has 3 nitrogen and oxygen atoms in total. The van der Waals surface area contributed by atoms with Gasteiger partial charge >= 0.3 is 0 Å². The predicted molar refractivity (Wildman–Crippen MR) is 72.9 cm³/mol. The molecule has 1 aliphatic rings. The Morgan fingerprint density at radius 1 is 1.33 bits per heavy atom. The van der Waals surface area contributed by atoms with E-state index in [0.717, 1.165) is 24.4 Å². The fraction of sp³-hybridized carbons (Fsp3) is 0.400. The summed E-state index contributed by atoms with van der Waals surface area (Å²) in [5.74, 6) is 0.764. The molecule has 1 saturated carbocycles. The molecule has 0 bridgehead atoms. The third-order valence-corrected chi connectivity index (χ3v) is 3.93. The van der Waals surface area contributed by atoms with E-state index in [0.29, 0.717) is 0 Å². The van der Waals surface area contributed by atoms with E-state index in [-0.39, 0.29) is 5.41 Å². The van der Waals surface area contributed by atoms with Crippen molar-refractivity contribution in [3.05, 3.63) is 35.9 Å². The number of rotatable bonds is 4. The summed E-state index contributed by atoms with van der Waals surface area (Å²) in [5.41, 5.74) is 8.17. The van der Waals surface area contributed by atoms with E-state index >= 15 is 0 Å². The first kappa shape index (κ1) is 11.5. The largest absolute Gasteiger partial charge is 0.481 e. The van der Waals surface area contributed by atoms with E-state index in [1.165, 1.54) is 23.8 Å². The maximum absolute atomic E-state index is 5.73. The third-order valence-electron chi connectivity index (χ3n) is 3.93. The number of fused-ring (bicyclic) bond motifs is 1. The zero-order chi connectivity index (χ0) is 12.6. The van der Waals surface area contributed by atoms with Gasteiger partial charge in [0.15, 0.2) is 0 Å². The van der Waals surface area contributed by atoms with Gasteiger partial charge in [-0.2, -0.15) is 0 Å². The molecule has 18 heavy (non-hydrogen) atoms. The van der Waals surface area contributed by atoms with E-state index in [4.69, 9.17) is 10.5 Å². The minimum atomic E-state index is 0.219. The summed E-state index contributed by atoms with van der Waals surface area (Å²) in [7, 11) is 1.69. The number of nitrogens with two attached hydrogens (primary N) is 1. The van der Waals surface area contributed by atoms with Crippen molar-refractivity contribution in [3.8, 4) is 5.88 Å². The molecule has 1 aromatic heterocycles. The summed E-state index contributed by atoms with van der Waals surface area (Å²) in [6, 6.07) is 10.4. The van der Waals surface area contributed by atoms with Gasteiger partial charge < -0.3 is 10.5 Å². The summed E-state index contributed by atoms with van der Waals surface area (Å²) in [5, 5.41) is 1.18. The maximum Gasteiger partial charge on any atom is 0.217 e. The molecule has 0 amide bonds. The van der Waals surface area contributed by atoms with Crippen LogP contribution >= 0.6 is 0 Å². The molecule has 2 N–H and O–H groups in total. The number of hydrogen-bond acceptors (Lipinski definition) is 3. The zero-order valence-electron chi connectivity index (χ0n) is 10.6. The molecular weight excluding hydrogens is 224 g/mol. The van der Waals surface area contributed by atoms with Gasteiger partial charge in [-0.05, 0) is 37.9 Å². The normalized spacial score (nSPS) is 16.8. The SMILES string of the molecule is COc1nc2ccccc2cc1C1(CCN)CC1. The molecule has 0 unspecified atom stereocenters. The fourth-order valence-corrected chi connectivity index (χ4v) is 2.71. The van der Waals surface area contributed by atoms with Crippen molar-refractivity contribution in [2.45, 2.75) is 24.7 Å². The van der Waals surface area contributed by atoms with Gasteiger partial charge in [-0.15, -0.1) is 0 Å². The van der Waals surface area contributed by atoms with Gasteiger partial charge in [0.25, 0.3) is 0 Å². The molecule has 0 spiro atoms. The maximum atomic E-state index is 5.73. The molecule has 2 aromatic rings. The highest BCUT2D eigenvalue weighted by atomic mass is 16.5. The Balaban J connectivity index is 2.15. The zero-order valence-corrected chi connectivity index (χ0v) is 10.6. The Bertz CT molecular complexity index is 576. The van der Waals surface area contributed by atoms with Crippen LogP contribution in [-0.4, -0.2) is 18.6 Å². The fourth-order valence-electron chi connectivity index (χ4n) is 2.71. The summed E-state index contributed by atoms with van der Waals surface area (Å²) in [4.78, 5) is 4.62. The summed E-state index contributed by atoms with van der Waals surface area (Å²) in [6.45, 7) is 0.718. The summed E-state index contributed by atoms with van der Waals surface area (Å²) < 4.78 is 5.47. The first-order valence-electron chi connectivity index (χ1n) is 6.43. The topological polar surface area (TPSA) is 48.1 Å². The Kier molecular flexibility index (Phi) is 2.71. The second-order valence-corrected chi connectivity index (χ2v) is 5.06. The number of nitrogens with zero attached hydrogens (tertiary/aromatic N) is 1. The van der Waals surface area contributed by atoms with Crippen molar-refractivity contribution in [1.82, 2.24) is 4.98 Å². The molecule has 1 fully saturated rings. The van der Waals surface area contributed by atoms with E-state index in [2.05, 4.69) is 17.1 Å². The van der Waals surface area contributed by atoms with Crippen LogP contribution in [-0.2, 0) is 5.41 Å². The van der Waals surface area contributed by atoms with Crippen LogP contribution in [0.25, 0.3) is 10.9 Å². The Morgan fingerprint density at radius 2 is 2.11 bits per heavy atom. The van der Waals surface area contributed by atoms with Crippen LogP contribution in [0.2, 0.25) is 0 Å². The van der Waals surface area contributed by atoms with Crippen LogP contribution in [0.3, 0.4) is 0 Å². The average Bonchev–Trinajstić information content (AvgIpc) is 3.18. The van der Waals surface area contributed by atoms with Crippen LogP contribution < -0.4 is 10.5 Å². The van der Waals surface area contributed by atoms with Crippen molar-refractivity contribution >= 4 is 10.9 Å². The standard InChI is InChI=1S/C15H18N2O/c1-18-14-12(15(6-7-15)8-9-16)10-11-4-2-3-5-13(11)17-14/h2-5,10H,6-9,16H2,1H3. The molecule has 1 aromatic carbocycles. The van der Waals surface area contributed by atoms with Crippen LogP contribution in [0, 0.1) is 0 Å². The van der Waals surface area contributed by atoms with E-state index in [1.54, 1.807) is 7.11 Å². The van der Waals surface area contributed by atoms with Crippen molar-refractivity contribution in [2.75, 3.05) is 13.7 Å². The lowest BCUT2D eigenvalue weighted by Crippen LogP contribution is -2.15. The number of methoxy groups -OCH3 is 1. The first-order chi connectivity index (χ1) is 8.79. The summed E-state index contributed by atoms with van der Waals surface area (Å²) >= 11 is 0. The first-order valence-corrected chi connectivity index (χ1v) is 6.43. The second-order valence-electron chi connectivity index (χ2n) is 5.06. The molecule has 0 atom stereocenters. The molecule has 3 heteroatoms. The third kappa shape index (κ3) is 1.75. The monoisotopic (exact) mass is 242 g/mol.